The van der Waals surface area contributed by atoms with Crippen molar-refractivity contribution >= 4 is 12.3 Å². The average molecular weight is 172 g/mol. The highest BCUT2D eigenvalue weighted by Crippen LogP contribution is 2.07. The first kappa shape index (κ1) is 10.9. The van der Waals surface area contributed by atoms with E-state index in [0.29, 0.717) is 6.61 Å². The van der Waals surface area contributed by atoms with Crippen molar-refractivity contribution in [2.24, 2.45) is 10.5 Å². The molecule has 70 valence electrons. The fraction of sp³-hybridized carbons (Fsp3) is 0.750. The molecule has 0 spiro atoms. The Balaban J connectivity index is 3.68. The zero-order valence-corrected chi connectivity index (χ0v) is 8.05. The van der Waals surface area contributed by atoms with Gasteiger partial charge < -0.3 is 4.74 Å². The van der Waals surface area contributed by atoms with Crippen molar-refractivity contribution in [3.63, 3.8) is 0 Å². The number of hydrazone groups is 1. The zero-order valence-electron chi connectivity index (χ0n) is 8.05. The second kappa shape index (κ2) is 4.74. The maximum atomic E-state index is 10.7. The Hall–Kier alpha value is -1.06. The van der Waals surface area contributed by atoms with E-state index in [0.717, 1.165) is 0 Å². The number of nitrogens with one attached hydrogen (secondary N) is 1. The van der Waals surface area contributed by atoms with Crippen LogP contribution < -0.4 is 5.43 Å². The van der Waals surface area contributed by atoms with Crippen molar-refractivity contribution in [1.82, 2.24) is 5.43 Å². The predicted octanol–water partition coefficient (Wildman–Crippen LogP) is 1.76. The van der Waals surface area contributed by atoms with Crippen LogP contribution in [-0.4, -0.2) is 18.9 Å². The highest BCUT2D eigenvalue weighted by atomic mass is 16.5. The van der Waals surface area contributed by atoms with Crippen molar-refractivity contribution in [3.8, 4) is 0 Å². The van der Waals surface area contributed by atoms with E-state index in [9.17, 15) is 4.79 Å². The molecule has 0 rings (SSSR count). The Morgan fingerprint density at radius 3 is 2.58 bits per heavy atom. The van der Waals surface area contributed by atoms with Crippen LogP contribution in [-0.2, 0) is 4.74 Å². The van der Waals surface area contributed by atoms with Crippen molar-refractivity contribution in [2.75, 3.05) is 6.61 Å². The van der Waals surface area contributed by atoms with Crippen molar-refractivity contribution in [1.29, 1.82) is 0 Å². The normalized spacial score (nSPS) is 11.7. The molecule has 0 aromatic heterocycles. The van der Waals surface area contributed by atoms with Gasteiger partial charge in [-0.1, -0.05) is 20.8 Å². The average Bonchev–Trinajstić information content (AvgIpc) is 1.84. The maximum Gasteiger partial charge on any atom is 0.427 e. The van der Waals surface area contributed by atoms with E-state index in [1.807, 2.05) is 20.8 Å². The number of carbonyl (C=O) groups excluding carboxylic acids is 1. The smallest absolute Gasteiger partial charge is 0.427 e. The first-order valence-electron chi connectivity index (χ1n) is 3.92. The number of carbonyl (C=O) groups is 1. The Morgan fingerprint density at radius 2 is 2.17 bits per heavy atom. The molecule has 12 heavy (non-hydrogen) atoms. The Kier molecular flexibility index (Phi) is 4.33. The van der Waals surface area contributed by atoms with E-state index in [4.69, 9.17) is 0 Å². The van der Waals surface area contributed by atoms with Crippen molar-refractivity contribution in [2.45, 2.75) is 27.7 Å². The summed E-state index contributed by atoms with van der Waals surface area (Å²) >= 11 is 0. The molecule has 0 aliphatic rings. The summed E-state index contributed by atoms with van der Waals surface area (Å²) in [4.78, 5) is 10.7. The van der Waals surface area contributed by atoms with E-state index in [1.165, 1.54) is 0 Å². The van der Waals surface area contributed by atoms with E-state index >= 15 is 0 Å². The molecule has 0 aliphatic heterocycles. The fourth-order valence-corrected chi connectivity index (χ4v) is 0.442. The largest absolute Gasteiger partial charge is 0.449 e. The van der Waals surface area contributed by atoms with Gasteiger partial charge in [0.1, 0.15) is 0 Å². The molecular formula is C8H16N2O2. The van der Waals surface area contributed by atoms with Gasteiger partial charge in [0.05, 0.1) is 6.61 Å². The Bertz CT molecular complexity index is 170. The minimum atomic E-state index is -0.516. The molecule has 0 unspecified atom stereocenters. The molecule has 4 nitrogen and oxygen atoms in total. The van der Waals surface area contributed by atoms with Crippen LogP contribution in [0.2, 0.25) is 0 Å². The van der Waals surface area contributed by atoms with Gasteiger partial charge in [0, 0.05) is 6.21 Å². The van der Waals surface area contributed by atoms with Crippen LogP contribution in [0.5, 0.6) is 0 Å². The summed E-state index contributed by atoms with van der Waals surface area (Å²) in [6, 6.07) is 0. The van der Waals surface area contributed by atoms with Crippen molar-refractivity contribution in [3.05, 3.63) is 0 Å². The summed E-state index contributed by atoms with van der Waals surface area (Å²) < 4.78 is 4.59. The number of amides is 1. The summed E-state index contributed by atoms with van der Waals surface area (Å²) in [6.07, 6.45) is 1.14. The number of ether oxygens (including phenoxy) is 1. The van der Waals surface area contributed by atoms with Crippen molar-refractivity contribution < 1.29 is 9.53 Å². The first-order valence-corrected chi connectivity index (χ1v) is 3.92. The summed E-state index contributed by atoms with van der Waals surface area (Å²) in [7, 11) is 0. The quantitative estimate of drug-likeness (QED) is 0.509. The lowest BCUT2D eigenvalue weighted by molar-refractivity contribution is 0.152. The highest BCUT2D eigenvalue weighted by Gasteiger charge is 2.05. The van der Waals surface area contributed by atoms with Gasteiger partial charge in [0.2, 0.25) is 0 Å². The molecular weight excluding hydrogens is 156 g/mol. The number of nitrogens with zero attached hydrogens (tertiary/aromatic N) is 1. The first-order chi connectivity index (χ1) is 5.45. The molecule has 1 N–H and O–H groups in total. The van der Waals surface area contributed by atoms with Gasteiger partial charge in [-0.25, -0.2) is 10.2 Å². The lowest BCUT2D eigenvalue weighted by Crippen LogP contribution is -2.20. The standard InChI is InChI=1S/C8H16N2O2/c1-5-12-7(11)10-9-6-8(2,3)4/h6H,5H2,1-4H3,(H,10,11)/b9-6+. The van der Waals surface area contributed by atoms with Crippen LogP contribution >= 0.6 is 0 Å². The maximum absolute atomic E-state index is 10.7. The molecule has 1 amide bonds. The minimum absolute atomic E-state index is 0.0283. The van der Waals surface area contributed by atoms with E-state index in [2.05, 4.69) is 15.3 Å². The second-order valence-corrected chi connectivity index (χ2v) is 3.46. The molecule has 0 aromatic carbocycles. The monoisotopic (exact) mass is 172 g/mol. The van der Waals surface area contributed by atoms with Gasteiger partial charge in [-0.05, 0) is 12.3 Å². The van der Waals surface area contributed by atoms with E-state index in [1.54, 1.807) is 13.1 Å². The minimum Gasteiger partial charge on any atom is -0.449 e. The van der Waals surface area contributed by atoms with Gasteiger partial charge in [-0.2, -0.15) is 5.10 Å². The lowest BCUT2D eigenvalue weighted by Gasteiger charge is -2.09. The third-order valence-electron chi connectivity index (χ3n) is 0.883. The van der Waals surface area contributed by atoms with E-state index in [-0.39, 0.29) is 5.41 Å². The summed E-state index contributed by atoms with van der Waals surface area (Å²) in [5.74, 6) is 0. The molecule has 0 aromatic rings. The Morgan fingerprint density at radius 1 is 1.58 bits per heavy atom. The van der Waals surface area contributed by atoms with Gasteiger partial charge in [0.15, 0.2) is 0 Å². The third-order valence-corrected chi connectivity index (χ3v) is 0.883. The molecule has 0 saturated heterocycles. The van der Waals surface area contributed by atoms with Crippen LogP contribution in [0.4, 0.5) is 4.79 Å². The van der Waals surface area contributed by atoms with Gasteiger partial charge in [-0.3, -0.25) is 0 Å². The SMILES string of the molecule is CCOC(=O)N/N=C/C(C)(C)C. The number of rotatable bonds is 2. The molecule has 0 saturated carbocycles. The van der Waals surface area contributed by atoms with Crippen LogP contribution in [0.15, 0.2) is 5.10 Å². The third kappa shape index (κ3) is 7.05. The molecule has 0 radical (unpaired) electrons. The second-order valence-electron chi connectivity index (χ2n) is 3.46. The number of hydrogen-bond acceptors (Lipinski definition) is 3. The summed E-state index contributed by atoms with van der Waals surface area (Å²) in [5.41, 5.74) is 2.22. The van der Waals surface area contributed by atoms with Crippen LogP contribution in [0, 0.1) is 5.41 Å². The van der Waals surface area contributed by atoms with Gasteiger partial charge >= 0.3 is 6.09 Å². The van der Waals surface area contributed by atoms with Gasteiger partial charge in [-0.15, -0.1) is 0 Å². The molecule has 0 atom stereocenters. The molecule has 0 bridgehead atoms. The predicted molar refractivity (Wildman–Crippen MR) is 48.1 cm³/mol. The van der Waals surface area contributed by atoms with Crippen LogP contribution in [0.1, 0.15) is 27.7 Å². The summed E-state index contributed by atoms with van der Waals surface area (Å²) in [6.45, 7) is 8.07. The lowest BCUT2D eigenvalue weighted by atomic mass is 9.99. The number of hydrogen-bond donors (Lipinski definition) is 1. The molecule has 0 aliphatic carbocycles. The van der Waals surface area contributed by atoms with Gasteiger partial charge in [0.25, 0.3) is 0 Å². The zero-order chi connectivity index (χ0) is 9.61. The van der Waals surface area contributed by atoms with Crippen LogP contribution in [0.3, 0.4) is 0 Å². The topological polar surface area (TPSA) is 50.7 Å². The van der Waals surface area contributed by atoms with Crippen LogP contribution in [0.25, 0.3) is 0 Å². The fourth-order valence-electron chi connectivity index (χ4n) is 0.442. The molecule has 4 heteroatoms. The molecule has 0 fully saturated rings. The molecule has 0 heterocycles. The Labute approximate surface area is 73.0 Å². The van der Waals surface area contributed by atoms with E-state index < -0.39 is 6.09 Å². The highest BCUT2D eigenvalue weighted by molar-refractivity contribution is 5.70. The summed E-state index contributed by atoms with van der Waals surface area (Å²) in [5, 5.41) is 3.71.